The van der Waals surface area contributed by atoms with Gasteiger partial charge in [0.1, 0.15) is 0 Å². The van der Waals surface area contributed by atoms with Gasteiger partial charge in [0, 0.05) is 31.8 Å². The summed E-state index contributed by atoms with van der Waals surface area (Å²) in [5.74, 6) is 0.0874. The fourth-order valence-electron chi connectivity index (χ4n) is 1.84. The molecule has 0 unspecified atom stereocenters. The lowest BCUT2D eigenvalue weighted by molar-refractivity contribution is -0.384. The van der Waals surface area contributed by atoms with Crippen LogP contribution in [0.1, 0.15) is 18.4 Å². The lowest BCUT2D eigenvalue weighted by Crippen LogP contribution is -2.36. The molecule has 1 aromatic rings. The lowest BCUT2D eigenvalue weighted by atomic mass is 10.2. The van der Waals surface area contributed by atoms with E-state index in [4.69, 9.17) is 0 Å². The largest absolute Gasteiger partial charge is 0.342 e. The van der Waals surface area contributed by atoms with E-state index in [0.29, 0.717) is 19.1 Å². The molecule has 1 aromatic carbocycles. The van der Waals surface area contributed by atoms with Crippen molar-refractivity contribution < 1.29 is 9.72 Å². The Bertz CT molecular complexity index is 469. The van der Waals surface area contributed by atoms with Crippen LogP contribution in [0.2, 0.25) is 0 Å². The molecule has 1 fully saturated rings. The second kappa shape index (κ2) is 5.79. The van der Waals surface area contributed by atoms with Crippen molar-refractivity contribution in [1.29, 1.82) is 0 Å². The number of carbonyl (C=O) groups is 1. The summed E-state index contributed by atoms with van der Waals surface area (Å²) in [4.78, 5) is 23.6. The van der Waals surface area contributed by atoms with Crippen molar-refractivity contribution in [3.8, 4) is 0 Å². The maximum Gasteiger partial charge on any atom is 0.269 e. The number of likely N-dealkylation sites (N-methyl/N-ethyl adjacent to an activating group) is 1. The standard InChI is InChI=1S/C13H17N3O3/c1-15(11-6-7-11)13(17)9-14-8-10-2-4-12(5-3-10)16(18)19/h2-5,11,14H,6-9H2,1H3. The normalized spacial score (nSPS) is 14.2. The molecule has 1 saturated carbocycles. The molecule has 0 atom stereocenters. The predicted molar refractivity (Wildman–Crippen MR) is 70.6 cm³/mol. The smallest absolute Gasteiger partial charge is 0.269 e. The minimum atomic E-state index is -0.425. The SMILES string of the molecule is CN(C(=O)CNCc1ccc([N+](=O)[O-])cc1)C1CC1. The van der Waals surface area contributed by atoms with Crippen molar-refractivity contribution in [3.63, 3.8) is 0 Å². The predicted octanol–water partition coefficient (Wildman–Crippen LogP) is 1.31. The molecule has 1 aliphatic carbocycles. The van der Waals surface area contributed by atoms with Crippen molar-refractivity contribution in [2.75, 3.05) is 13.6 Å². The Morgan fingerprint density at radius 3 is 2.58 bits per heavy atom. The highest BCUT2D eigenvalue weighted by atomic mass is 16.6. The van der Waals surface area contributed by atoms with Crippen LogP contribution in [0.5, 0.6) is 0 Å². The van der Waals surface area contributed by atoms with Crippen LogP contribution >= 0.6 is 0 Å². The maximum atomic E-state index is 11.7. The third kappa shape index (κ3) is 3.75. The van der Waals surface area contributed by atoms with E-state index in [2.05, 4.69) is 5.32 Å². The minimum absolute atomic E-state index is 0.0771. The van der Waals surface area contributed by atoms with Gasteiger partial charge in [-0.15, -0.1) is 0 Å². The second-order valence-electron chi connectivity index (χ2n) is 4.76. The number of hydrogen-bond donors (Lipinski definition) is 1. The molecule has 0 saturated heterocycles. The fourth-order valence-corrected chi connectivity index (χ4v) is 1.84. The lowest BCUT2D eigenvalue weighted by Gasteiger charge is -2.16. The summed E-state index contributed by atoms with van der Waals surface area (Å²) in [5, 5.41) is 13.6. The highest BCUT2D eigenvalue weighted by molar-refractivity contribution is 5.78. The van der Waals surface area contributed by atoms with Gasteiger partial charge in [0.05, 0.1) is 11.5 Å². The van der Waals surface area contributed by atoms with Gasteiger partial charge in [0.25, 0.3) is 5.69 Å². The average molecular weight is 263 g/mol. The maximum absolute atomic E-state index is 11.7. The summed E-state index contributed by atoms with van der Waals surface area (Å²) in [5.41, 5.74) is 1.00. The van der Waals surface area contributed by atoms with E-state index >= 15 is 0 Å². The molecule has 19 heavy (non-hydrogen) atoms. The van der Waals surface area contributed by atoms with Gasteiger partial charge >= 0.3 is 0 Å². The molecular formula is C13H17N3O3. The van der Waals surface area contributed by atoms with Crippen LogP contribution < -0.4 is 5.32 Å². The summed E-state index contributed by atoms with van der Waals surface area (Å²) in [6.45, 7) is 0.826. The summed E-state index contributed by atoms with van der Waals surface area (Å²) in [6.07, 6.45) is 2.20. The molecule has 0 spiro atoms. The summed E-state index contributed by atoms with van der Waals surface area (Å²) >= 11 is 0. The molecule has 0 bridgehead atoms. The molecule has 6 heteroatoms. The van der Waals surface area contributed by atoms with E-state index in [9.17, 15) is 14.9 Å². The number of nitrogens with zero attached hydrogens (tertiary/aromatic N) is 2. The average Bonchev–Trinajstić information content (AvgIpc) is 3.22. The van der Waals surface area contributed by atoms with Crippen molar-refractivity contribution in [2.45, 2.75) is 25.4 Å². The molecule has 1 aliphatic rings. The van der Waals surface area contributed by atoms with E-state index in [-0.39, 0.29) is 11.6 Å². The summed E-state index contributed by atoms with van der Waals surface area (Å²) in [6, 6.07) is 6.75. The van der Waals surface area contributed by atoms with Crippen LogP contribution in [0.4, 0.5) is 5.69 Å². The zero-order valence-electron chi connectivity index (χ0n) is 10.8. The quantitative estimate of drug-likeness (QED) is 0.620. The Hall–Kier alpha value is -1.95. The molecule has 0 heterocycles. The number of nitro benzene ring substituents is 1. The van der Waals surface area contributed by atoms with Crippen LogP contribution in [0.15, 0.2) is 24.3 Å². The van der Waals surface area contributed by atoms with Crippen molar-refractivity contribution >= 4 is 11.6 Å². The highest BCUT2D eigenvalue weighted by Gasteiger charge is 2.28. The molecule has 2 rings (SSSR count). The Balaban J connectivity index is 1.75. The van der Waals surface area contributed by atoms with Gasteiger partial charge in [0.15, 0.2) is 0 Å². The number of rotatable bonds is 6. The Labute approximate surface area is 111 Å². The molecule has 6 nitrogen and oxygen atoms in total. The van der Waals surface area contributed by atoms with E-state index in [1.54, 1.807) is 17.0 Å². The van der Waals surface area contributed by atoms with Gasteiger partial charge in [-0.25, -0.2) is 0 Å². The minimum Gasteiger partial charge on any atom is -0.342 e. The molecule has 1 amide bonds. The molecular weight excluding hydrogens is 246 g/mol. The summed E-state index contributed by atoms with van der Waals surface area (Å²) < 4.78 is 0. The zero-order valence-corrected chi connectivity index (χ0v) is 10.8. The number of carbonyl (C=O) groups excluding carboxylic acids is 1. The molecule has 102 valence electrons. The van der Waals surface area contributed by atoms with Crippen LogP contribution in [-0.2, 0) is 11.3 Å². The second-order valence-corrected chi connectivity index (χ2v) is 4.76. The summed E-state index contributed by atoms with van der Waals surface area (Å²) in [7, 11) is 1.83. The number of non-ortho nitro benzene ring substituents is 1. The van der Waals surface area contributed by atoms with Gasteiger partial charge in [-0.3, -0.25) is 14.9 Å². The first-order chi connectivity index (χ1) is 9.08. The monoisotopic (exact) mass is 263 g/mol. The number of hydrogen-bond acceptors (Lipinski definition) is 4. The highest BCUT2D eigenvalue weighted by Crippen LogP contribution is 2.25. The van der Waals surface area contributed by atoms with Crippen molar-refractivity contribution in [3.05, 3.63) is 39.9 Å². The topological polar surface area (TPSA) is 75.5 Å². The third-order valence-electron chi connectivity index (χ3n) is 3.24. The van der Waals surface area contributed by atoms with E-state index in [0.717, 1.165) is 18.4 Å². The first-order valence-electron chi connectivity index (χ1n) is 6.27. The number of amides is 1. The van der Waals surface area contributed by atoms with Crippen molar-refractivity contribution in [2.24, 2.45) is 0 Å². The van der Waals surface area contributed by atoms with Gasteiger partial charge in [0.2, 0.25) is 5.91 Å². The van der Waals surface area contributed by atoms with Gasteiger partial charge < -0.3 is 10.2 Å². The number of nitrogens with one attached hydrogen (secondary N) is 1. The zero-order chi connectivity index (χ0) is 13.8. The molecule has 0 aliphatic heterocycles. The molecule has 0 aromatic heterocycles. The molecule has 0 radical (unpaired) electrons. The van der Waals surface area contributed by atoms with Crippen LogP contribution in [0.3, 0.4) is 0 Å². The van der Waals surface area contributed by atoms with Gasteiger partial charge in [-0.05, 0) is 18.4 Å². The number of benzene rings is 1. The first kappa shape index (κ1) is 13.5. The van der Waals surface area contributed by atoms with E-state index < -0.39 is 4.92 Å². The first-order valence-corrected chi connectivity index (χ1v) is 6.27. The van der Waals surface area contributed by atoms with E-state index in [1.165, 1.54) is 12.1 Å². The number of nitro groups is 1. The van der Waals surface area contributed by atoms with Crippen LogP contribution in [0, 0.1) is 10.1 Å². The Morgan fingerprint density at radius 1 is 1.42 bits per heavy atom. The van der Waals surface area contributed by atoms with Crippen LogP contribution in [-0.4, -0.2) is 35.4 Å². The molecule has 1 N–H and O–H groups in total. The Morgan fingerprint density at radius 2 is 2.05 bits per heavy atom. The van der Waals surface area contributed by atoms with Crippen molar-refractivity contribution in [1.82, 2.24) is 10.2 Å². The Kier molecular flexibility index (Phi) is 4.11. The van der Waals surface area contributed by atoms with Gasteiger partial charge in [-0.2, -0.15) is 0 Å². The fraction of sp³-hybridized carbons (Fsp3) is 0.462. The van der Waals surface area contributed by atoms with Gasteiger partial charge in [-0.1, -0.05) is 12.1 Å². The third-order valence-corrected chi connectivity index (χ3v) is 3.24. The van der Waals surface area contributed by atoms with E-state index in [1.807, 2.05) is 7.05 Å². The van der Waals surface area contributed by atoms with Crippen LogP contribution in [0.25, 0.3) is 0 Å².